The summed E-state index contributed by atoms with van der Waals surface area (Å²) in [6, 6.07) is 5.38. The fourth-order valence-corrected chi connectivity index (χ4v) is 4.32. The van der Waals surface area contributed by atoms with Gasteiger partial charge in [0.15, 0.2) is 11.6 Å². The summed E-state index contributed by atoms with van der Waals surface area (Å²) in [5.41, 5.74) is 0.480. The molecule has 0 N–H and O–H groups in total. The second-order valence-electron chi connectivity index (χ2n) is 8.17. The van der Waals surface area contributed by atoms with Gasteiger partial charge in [-0.25, -0.2) is 14.2 Å². The lowest BCUT2D eigenvalue weighted by molar-refractivity contribution is 0.0524. The zero-order valence-corrected chi connectivity index (χ0v) is 19.8. The van der Waals surface area contributed by atoms with Crippen molar-refractivity contribution in [3.8, 4) is 11.5 Å². The summed E-state index contributed by atoms with van der Waals surface area (Å²) in [7, 11) is 3.12. The molecule has 1 aliphatic rings. The first-order chi connectivity index (χ1) is 16.4. The maximum Gasteiger partial charge on any atom is 0.343 e. The number of ether oxygens (including phenoxy) is 3. The molecule has 0 atom stereocenters. The van der Waals surface area contributed by atoms with Crippen molar-refractivity contribution in [1.29, 1.82) is 0 Å². The lowest BCUT2D eigenvalue weighted by Gasteiger charge is -2.21. The topological polar surface area (TPSA) is 82.9 Å². The second kappa shape index (κ2) is 9.70. The van der Waals surface area contributed by atoms with Gasteiger partial charge in [0, 0.05) is 36.5 Å². The van der Waals surface area contributed by atoms with Crippen molar-refractivity contribution < 1.29 is 23.4 Å². The van der Waals surface area contributed by atoms with E-state index in [1.54, 1.807) is 44.8 Å². The number of anilines is 1. The standard InChI is InChI=1S/C25H28FN3O5/c1-5-34-25(31)18-14-29(13-16-8-9-17(32-3)12-19(16)33-4)23-20(22(18)30)15(2)21(26)24(27-23)28-10-6-7-11-28/h8-9,12,14H,5-7,10-11,13H2,1-4H3. The van der Waals surface area contributed by atoms with Crippen molar-refractivity contribution >= 4 is 22.8 Å². The number of benzene rings is 1. The van der Waals surface area contributed by atoms with Crippen molar-refractivity contribution in [2.24, 2.45) is 0 Å². The third-order valence-electron chi connectivity index (χ3n) is 6.10. The highest BCUT2D eigenvalue weighted by molar-refractivity contribution is 5.94. The van der Waals surface area contributed by atoms with E-state index < -0.39 is 17.2 Å². The van der Waals surface area contributed by atoms with Crippen LogP contribution < -0.4 is 19.8 Å². The molecule has 0 saturated carbocycles. The number of aromatic nitrogens is 2. The van der Waals surface area contributed by atoms with Gasteiger partial charge in [-0.3, -0.25) is 4.79 Å². The van der Waals surface area contributed by atoms with Gasteiger partial charge in [0.1, 0.15) is 22.7 Å². The first-order valence-electron chi connectivity index (χ1n) is 11.3. The lowest BCUT2D eigenvalue weighted by atomic mass is 10.1. The summed E-state index contributed by atoms with van der Waals surface area (Å²) < 4.78 is 33.0. The Balaban J connectivity index is 1.97. The highest BCUT2D eigenvalue weighted by Crippen LogP contribution is 2.30. The monoisotopic (exact) mass is 469 g/mol. The molecule has 1 aromatic carbocycles. The van der Waals surface area contributed by atoms with Gasteiger partial charge in [0.05, 0.1) is 32.8 Å². The van der Waals surface area contributed by atoms with Gasteiger partial charge in [0.25, 0.3) is 0 Å². The van der Waals surface area contributed by atoms with Gasteiger partial charge in [-0.2, -0.15) is 0 Å². The van der Waals surface area contributed by atoms with Crippen molar-refractivity contribution in [2.75, 3.05) is 38.8 Å². The van der Waals surface area contributed by atoms with Gasteiger partial charge in [-0.05, 0) is 38.8 Å². The minimum atomic E-state index is -0.756. The van der Waals surface area contributed by atoms with E-state index in [9.17, 15) is 9.59 Å². The zero-order valence-electron chi connectivity index (χ0n) is 19.8. The van der Waals surface area contributed by atoms with Crippen molar-refractivity contribution in [2.45, 2.75) is 33.2 Å². The number of nitrogens with zero attached hydrogens (tertiary/aromatic N) is 3. The van der Waals surface area contributed by atoms with E-state index in [4.69, 9.17) is 14.2 Å². The van der Waals surface area contributed by atoms with Crippen LogP contribution in [0, 0.1) is 12.7 Å². The van der Waals surface area contributed by atoms with E-state index in [-0.39, 0.29) is 35.5 Å². The Labute approximate surface area is 196 Å². The molecule has 180 valence electrons. The quantitative estimate of drug-likeness (QED) is 0.488. The number of rotatable bonds is 7. The highest BCUT2D eigenvalue weighted by Gasteiger charge is 2.26. The number of aryl methyl sites for hydroxylation is 1. The molecule has 1 saturated heterocycles. The van der Waals surface area contributed by atoms with E-state index in [1.165, 1.54) is 6.20 Å². The zero-order chi connectivity index (χ0) is 24.4. The van der Waals surface area contributed by atoms with E-state index in [2.05, 4.69) is 4.98 Å². The van der Waals surface area contributed by atoms with E-state index >= 15 is 4.39 Å². The third-order valence-corrected chi connectivity index (χ3v) is 6.10. The number of carbonyl (C=O) groups is 1. The number of esters is 1. The lowest BCUT2D eigenvalue weighted by Crippen LogP contribution is -2.26. The molecule has 9 heteroatoms. The van der Waals surface area contributed by atoms with Crippen LogP contribution in [0.15, 0.2) is 29.2 Å². The molecule has 34 heavy (non-hydrogen) atoms. The summed E-state index contributed by atoms with van der Waals surface area (Å²) in [5.74, 6) is 0.128. The third kappa shape index (κ3) is 4.18. The molecule has 1 aliphatic heterocycles. The van der Waals surface area contributed by atoms with Gasteiger partial charge in [-0.1, -0.05) is 0 Å². The smallest absolute Gasteiger partial charge is 0.343 e. The van der Waals surface area contributed by atoms with Crippen molar-refractivity contribution in [1.82, 2.24) is 9.55 Å². The van der Waals surface area contributed by atoms with Crippen LogP contribution in [0.4, 0.5) is 10.2 Å². The van der Waals surface area contributed by atoms with Crippen molar-refractivity contribution in [3.05, 3.63) is 57.1 Å². The van der Waals surface area contributed by atoms with Crippen LogP contribution in [0.1, 0.15) is 41.3 Å². The summed E-state index contributed by atoms with van der Waals surface area (Å²) in [4.78, 5) is 32.4. The number of pyridine rings is 2. The second-order valence-corrected chi connectivity index (χ2v) is 8.17. The first-order valence-corrected chi connectivity index (χ1v) is 11.3. The van der Waals surface area contributed by atoms with Gasteiger partial charge >= 0.3 is 5.97 Å². The Bertz CT molecular complexity index is 1300. The summed E-state index contributed by atoms with van der Waals surface area (Å²) in [6.07, 6.45) is 3.34. The van der Waals surface area contributed by atoms with Crippen molar-refractivity contribution in [3.63, 3.8) is 0 Å². The molecule has 2 aromatic heterocycles. The Morgan fingerprint density at radius 2 is 1.91 bits per heavy atom. The molecule has 1 fully saturated rings. The van der Waals surface area contributed by atoms with Gasteiger partial charge < -0.3 is 23.7 Å². The summed E-state index contributed by atoms with van der Waals surface area (Å²) >= 11 is 0. The van der Waals surface area contributed by atoms with Gasteiger partial charge in [-0.15, -0.1) is 0 Å². The molecule has 3 aromatic rings. The first kappa shape index (κ1) is 23.5. The summed E-state index contributed by atoms with van der Waals surface area (Å²) in [5, 5.41) is 0.0680. The van der Waals surface area contributed by atoms with Crippen LogP contribution in [0.3, 0.4) is 0 Å². The number of fused-ring (bicyclic) bond motifs is 1. The molecule has 0 amide bonds. The molecule has 4 rings (SSSR count). The predicted molar refractivity (Wildman–Crippen MR) is 127 cm³/mol. The fourth-order valence-electron chi connectivity index (χ4n) is 4.32. The molecule has 0 aliphatic carbocycles. The number of halogens is 1. The molecular weight excluding hydrogens is 441 g/mol. The average Bonchev–Trinajstić information content (AvgIpc) is 3.37. The molecule has 8 nitrogen and oxygen atoms in total. The fraction of sp³-hybridized carbons (Fsp3) is 0.400. The van der Waals surface area contributed by atoms with Crippen LogP contribution >= 0.6 is 0 Å². The largest absolute Gasteiger partial charge is 0.497 e. The van der Waals surface area contributed by atoms with Crippen LogP contribution in [0.2, 0.25) is 0 Å². The van der Waals surface area contributed by atoms with Crippen LogP contribution in [-0.2, 0) is 11.3 Å². The average molecular weight is 470 g/mol. The molecule has 0 unspecified atom stereocenters. The molecule has 0 spiro atoms. The Hall–Kier alpha value is -3.62. The molecule has 3 heterocycles. The van der Waals surface area contributed by atoms with E-state index in [0.29, 0.717) is 30.2 Å². The predicted octanol–water partition coefficient (Wildman–Crippen LogP) is 3.69. The normalized spacial score (nSPS) is 13.4. The number of methoxy groups -OCH3 is 2. The van der Waals surface area contributed by atoms with Crippen LogP contribution in [0.25, 0.3) is 11.0 Å². The number of hydrogen-bond acceptors (Lipinski definition) is 7. The van der Waals surface area contributed by atoms with Crippen LogP contribution in [-0.4, -0.2) is 49.4 Å². The Morgan fingerprint density at radius 1 is 1.18 bits per heavy atom. The molecule has 0 bridgehead atoms. The van der Waals surface area contributed by atoms with Gasteiger partial charge in [0.2, 0.25) is 5.43 Å². The molecular formula is C25H28FN3O5. The minimum absolute atomic E-state index is 0.0680. The summed E-state index contributed by atoms with van der Waals surface area (Å²) in [6.45, 7) is 4.96. The SMILES string of the molecule is CCOC(=O)c1cn(Cc2ccc(OC)cc2OC)c2nc(N3CCCC3)c(F)c(C)c2c1=O. The van der Waals surface area contributed by atoms with Crippen LogP contribution in [0.5, 0.6) is 11.5 Å². The number of hydrogen-bond donors (Lipinski definition) is 0. The number of carbonyl (C=O) groups excluding carboxylic acids is 1. The molecule has 0 radical (unpaired) electrons. The Morgan fingerprint density at radius 3 is 2.56 bits per heavy atom. The maximum atomic E-state index is 15.4. The minimum Gasteiger partial charge on any atom is -0.497 e. The maximum absolute atomic E-state index is 15.4. The highest BCUT2D eigenvalue weighted by atomic mass is 19.1. The van der Waals surface area contributed by atoms with E-state index in [0.717, 1.165) is 18.4 Å². The van der Waals surface area contributed by atoms with E-state index in [1.807, 2.05) is 11.0 Å². The Kier molecular flexibility index (Phi) is 6.72.